The zero-order valence-corrected chi connectivity index (χ0v) is 13.8. The first kappa shape index (κ1) is 16.4. The maximum absolute atomic E-state index is 12.2. The van der Waals surface area contributed by atoms with Gasteiger partial charge < -0.3 is 10.0 Å². The molecular weight excluding hydrogens is 282 g/mol. The number of aryl methyl sites for hydroxylation is 2. The standard InChI is InChI=1S/C17H25NO2S/c1-13-5-6-16(10-14(13)2)21-9-7-17(20)18-8-3-4-15(11-18)12-19/h5-6,10,15,19H,3-4,7-9,11-12H2,1-2H3. The number of carbonyl (C=O) groups excluding carboxylic acids is 1. The lowest BCUT2D eigenvalue weighted by Crippen LogP contribution is -2.41. The Morgan fingerprint density at radius 1 is 1.38 bits per heavy atom. The summed E-state index contributed by atoms with van der Waals surface area (Å²) < 4.78 is 0. The van der Waals surface area contributed by atoms with E-state index in [-0.39, 0.29) is 18.4 Å². The van der Waals surface area contributed by atoms with Gasteiger partial charge in [0.15, 0.2) is 0 Å². The molecule has 1 aliphatic rings. The summed E-state index contributed by atoms with van der Waals surface area (Å²) in [4.78, 5) is 15.4. The quantitative estimate of drug-likeness (QED) is 0.850. The van der Waals surface area contributed by atoms with E-state index in [2.05, 4.69) is 32.0 Å². The minimum Gasteiger partial charge on any atom is -0.396 e. The highest BCUT2D eigenvalue weighted by Gasteiger charge is 2.22. The van der Waals surface area contributed by atoms with Gasteiger partial charge in [0.05, 0.1) is 0 Å². The van der Waals surface area contributed by atoms with E-state index in [1.54, 1.807) is 11.8 Å². The third-order valence-corrected chi connectivity index (χ3v) is 5.19. The second-order valence-corrected chi connectivity index (χ2v) is 7.04. The SMILES string of the molecule is Cc1ccc(SCCC(=O)N2CCCC(CO)C2)cc1C. The molecule has 1 fully saturated rings. The number of piperidine rings is 1. The van der Waals surface area contributed by atoms with Crippen molar-refractivity contribution in [1.82, 2.24) is 4.90 Å². The second kappa shape index (κ2) is 7.85. The summed E-state index contributed by atoms with van der Waals surface area (Å²) in [5.74, 6) is 1.32. The number of aliphatic hydroxyl groups excluding tert-OH is 1. The van der Waals surface area contributed by atoms with Crippen LogP contribution in [0.3, 0.4) is 0 Å². The molecule has 1 atom stereocenters. The van der Waals surface area contributed by atoms with Gasteiger partial charge in [-0.15, -0.1) is 11.8 Å². The molecule has 116 valence electrons. The number of amides is 1. The van der Waals surface area contributed by atoms with Gasteiger partial charge in [-0.05, 0) is 55.9 Å². The van der Waals surface area contributed by atoms with Crippen LogP contribution in [0.1, 0.15) is 30.4 Å². The largest absolute Gasteiger partial charge is 0.396 e. The number of hydrogen-bond acceptors (Lipinski definition) is 3. The van der Waals surface area contributed by atoms with Crippen LogP contribution >= 0.6 is 11.8 Å². The van der Waals surface area contributed by atoms with Gasteiger partial charge in [-0.1, -0.05) is 6.07 Å². The molecule has 1 amide bonds. The van der Waals surface area contributed by atoms with E-state index in [1.807, 2.05) is 4.90 Å². The van der Waals surface area contributed by atoms with E-state index in [4.69, 9.17) is 0 Å². The van der Waals surface area contributed by atoms with Crippen LogP contribution in [-0.2, 0) is 4.79 Å². The van der Waals surface area contributed by atoms with Crippen molar-refractivity contribution >= 4 is 17.7 Å². The Morgan fingerprint density at radius 3 is 2.90 bits per heavy atom. The minimum atomic E-state index is 0.196. The Labute approximate surface area is 131 Å². The Hall–Kier alpha value is -1.00. The predicted octanol–water partition coefficient (Wildman–Crippen LogP) is 3.02. The molecule has 1 N–H and O–H groups in total. The number of rotatable bonds is 5. The van der Waals surface area contributed by atoms with Gasteiger partial charge in [-0.3, -0.25) is 4.79 Å². The topological polar surface area (TPSA) is 40.5 Å². The first-order chi connectivity index (χ1) is 10.1. The van der Waals surface area contributed by atoms with Crippen LogP contribution in [0.5, 0.6) is 0 Å². The van der Waals surface area contributed by atoms with E-state index in [0.29, 0.717) is 6.42 Å². The molecule has 0 aliphatic carbocycles. The van der Waals surface area contributed by atoms with Crippen LogP contribution < -0.4 is 0 Å². The Morgan fingerprint density at radius 2 is 2.19 bits per heavy atom. The highest BCUT2D eigenvalue weighted by molar-refractivity contribution is 7.99. The molecule has 0 radical (unpaired) electrons. The lowest BCUT2D eigenvalue weighted by molar-refractivity contribution is -0.132. The van der Waals surface area contributed by atoms with E-state index >= 15 is 0 Å². The monoisotopic (exact) mass is 307 g/mol. The van der Waals surface area contributed by atoms with Gasteiger partial charge in [0, 0.05) is 36.8 Å². The van der Waals surface area contributed by atoms with Gasteiger partial charge in [0.25, 0.3) is 0 Å². The smallest absolute Gasteiger partial charge is 0.223 e. The van der Waals surface area contributed by atoms with E-state index < -0.39 is 0 Å². The molecule has 0 bridgehead atoms. The van der Waals surface area contributed by atoms with Crippen LogP contribution in [0.25, 0.3) is 0 Å². The molecule has 1 aromatic carbocycles. The molecule has 4 heteroatoms. The van der Waals surface area contributed by atoms with E-state index in [1.165, 1.54) is 16.0 Å². The number of likely N-dealkylation sites (tertiary alicyclic amines) is 1. The van der Waals surface area contributed by atoms with Crippen LogP contribution in [0.2, 0.25) is 0 Å². The summed E-state index contributed by atoms with van der Waals surface area (Å²) in [5.41, 5.74) is 2.60. The van der Waals surface area contributed by atoms with Crippen LogP contribution in [-0.4, -0.2) is 41.4 Å². The van der Waals surface area contributed by atoms with Crippen molar-refractivity contribution in [3.63, 3.8) is 0 Å². The lowest BCUT2D eigenvalue weighted by atomic mass is 9.99. The normalized spacial score (nSPS) is 18.8. The molecule has 0 saturated carbocycles. The summed E-state index contributed by atoms with van der Waals surface area (Å²) in [5, 5.41) is 9.22. The Balaban J connectivity index is 1.77. The Kier molecular flexibility index (Phi) is 6.12. The summed E-state index contributed by atoms with van der Waals surface area (Å²) in [6.07, 6.45) is 2.63. The fourth-order valence-electron chi connectivity index (χ4n) is 2.66. The summed E-state index contributed by atoms with van der Waals surface area (Å²) in [7, 11) is 0. The number of aliphatic hydroxyl groups is 1. The molecule has 2 rings (SSSR count). The number of benzene rings is 1. The number of nitrogens with zero attached hydrogens (tertiary/aromatic N) is 1. The molecule has 3 nitrogen and oxygen atoms in total. The van der Waals surface area contributed by atoms with Crippen molar-refractivity contribution in [3.05, 3.63) is 29.3 Å². The molecule has 1 aliphatic heterocycles. The number of thioether (sulfide) groups is 1. The van der Waals surface area contributed by atoms with Crippen LogP contribution in [0.15, 0.2) is 23.1 Å². The molecular formula is C17H25NO2S. The molecule has 1 heterocycles. The third-order valence-electron chi connectivity index (χ3n) is 4.19. The van der Waals surface area contributed by atoms with Crippen molar-refractivity contribution < 1.29 is 9.90 Å². The summed E-state index contributed by atoms with van der Waals surface area (Å²) in [6.45, 7) is 6.00. The van der Waals surface area contributed by atoms with Crippen molar-refractivity contribution in [2.24, 2.45) is 5.92 Å². The van der Waals surface area contributed by atoms with Crippen molar-refractivity contribution in [2.75, 3.05) is 25.4 Å². The molecule has 0 spiro atoms. The maximum Gasteiger partial charge on any atom is 0.223 e. The summed E-state index contributed by atoms with van der Waals surface area (Å²) in [6, 6.07) is 6.45. The molecule has 0 aromatic heterocycles. The molecule has 21 heavy (non-hydrogen) atoms. The zero-order chi connectivity index (χ0) is 15.2. The molecule has 1 aromatic rings. The molecule has 1 unspecified atom stereocenters. The van der Waals surface area contributed by atoms with Crippen LogP contribution in [0, 0.1) is 19.8 Å². The van der Waals surface area contributed by atoms with Crippen LogP contribution in [0.4, 0.5) is 0 Å². The maximum atomic E-state index is 12.2. The minimum absolute atomic E-state index is 0.196. The van der Waals surface area contributed by atoms with Gasteiger partial charge in [0.2, 0.25) is 5.91 Å². The first-order valence-corrected chi connectivity index (χ1v) is 8.67. The van der Waals surface area contributed by atoms with E-state index in [0.717, 1.165) is 31.7 Å². The number of carbonyl (C=O) groups is 1. The predicted molar refractivity (Wildman–Crippen MR) is 87.6 cm³/mol. The lowest BCUT2D eigenvalue weighted by Gasteiger charge is -2.31. The second-order valence-electron chi connectivity index (χ2n) is 5.88. The van der Waals surface area contributed by atoms with Gasteiger partial charge in [-0.25, -0.2) is 0 Å². The average molecular weight is 307 g/mol. The third kappa shape index (κ3) is 4.75. The number of hydrogen-bond donors (Lipinski definition) is 1. The van der Waals surface area contributed by atoms with E-state index in [9.17, 15) is 9.90 Å². The Bertz CT molecular complexity index is 490. The van der Waals surface area contributed by atoms with Gasteiger partial charge in [0.1, 0.15) is 0 Å². The van der Waals surface area contributed by atoms with Gasteiger partial charge >= 0.3 is 0 Å². The zero-order valence-electron chi connectivity index (χ0n) is 13.0. The fourth-order valence-corrected chi connectivity index (χ4v) is 3.60. The van der Waals surface area contributed by atoms with Crippen molar-refractivity contribution in [2.45, 2.75) is 38.0 Å². The fraction of sp³-hybridized carbons (Fsp3) is 0.588. The highest BCUT2D eigenvalue weighted by Crippen LogP contribution is 2.23. The van der Waals surface area contributed by atoms with Gasteiger partial charge in [-0.2, -0.15) is 0 Å². The summed E-state index contributed by atoms with van der Waals surface area (Å²) >= 11 is 1.75. The van der Waals surface area contributed by atoms with Crippen molar-refractivity contribution in [1.29, 1.82) is 0 Å². The van der Waals surface area contributed by atoms with Crippen molar-refractivity contribution in [3.8, 4) is 0 Å². The highest BCUT2D eigenvalue weighted by atomic mass is 32.2. The first-order valence-electron chi connectivity index (χ1n) is 7.69. The molecule has 1 saturated heterocycles. The average Bonchev–Trinajstić information content (AvgIpc) is 2.50.